The van der Waals surface area contributed by atoms with Gasteiger partial charge in [0.2, 0.25) is 5.56 Å². The summed E-state index contributed by atoms with van der Waals surface area (Å²) < 4.78 is 38.9. The van der Waals surface area contributed by atoms with E-state index in [1.54, 1.807) is 0 Å². The fraction of sp³-hybridized carbons (Fsp3) is 0.467. The molecule has 0 bridgehead atoms. The first-order valence-electron chi connectivity index (χ1n) is 6.73. The summed E-state index contributed by atoms with van der Waals surface area (Å²) in [5.74, 6) is 0. The minimum Gasteiger partial charge on any atom is -0.322 e. The summed E-state index contributed by atoms with van der Waals surface area (Å²) >= 11 is 0. The van der Waals surface area contributed by atoms with Crippen LogP contribution >= 0.6 is 0 Å². The molecule has 0 saturated carbocycles. The van der Waals surface area contributed by atoms with Gasteiger partial charge in [-0.1, -0.05) is 13.0 Å². The van der Waals surface area contributed by atoms with Crippen LogP contribution in [0, 0.1) is 0 Å². The zero-order valence-electron chi connectivity index (χ0n) is 12.1. The predicted molar refractivity (Wildman–Crippen MR) is 76.7 cm³/mol. The quantitative estimate of drug-likeness (QED) is 0.891. The second kappa shape index (κ2) is 5.16. The molecule has 0 aliphatic heterocycles. The number of aliphatic imine (C=N–C) groups is 1. The van der Waals surface area contributed by atoms with Crippen LogP contribution in [0.1, 0.15) is 39.2 Å². The van der Waals surface area contributed by atoms with Gasteiger partial charge in [0.05, 0.1) is 16.5 Å². The first-order valence-corrected chi connectivity index (χ1v) is 6.73. The number of hydrogen-bond donors (Lipinski definition) is 1. The van der Waals surface area contributed by atoms with Crippen molar-refractivity contribution in [1.82, 2.24) is 4.98 Å². The highest BCUT2D eigenvalue weighted by Crippen LogP contribution is 2.25. The van der Waals surface area contributed by atoms with Gasteiger partial charge in [-0.05, 0) is 26.3 Å². The second-order valence-electron chi connectivity index (χ2n) is 5.69. The van der Waals surface area contributed by atoms with E-state index in [1.807, 2.05) is 20.8 Å². The number of nitrogens with one attached hydrogen (secondary N) is 1. The van der Waals surface area contributed by atoms with Crippen molar-refractivity contribution in [3.63, 3.8) is 0 Å². The maximum Gasteiger partial charge on any atom is 0.417 e. The highest BCUT2D eigenvalue weighted by Gasteiger charge is 2.33. The van der Waals surface area contributed by atoms with Crippen LogP contribution in [-0.4, -0.2) is 16.2 Å². The molecular formula is C15H17F3N2O. The highest BCUT2D eigenvalue weighted by atomic mass is 19.4. The third kappa shape index (κ3) is 3.43. The Balaban J connectivity index is 2.65. The number of pyridine rings is 1. The molecule has 1 aliphatic rings. The Morgan fingerprint density at radius 3 is 2.57 bits per heavy atom. The lowest BCUT2D eigenvalue weighted by Gasteiger charge is -2.19. The average molecular weight is 298 g/mol. The Morgan fingerprint density at radius 1 is 1.33 bits per heavy atom. The fourth-order valence-corrected chi connectivity index (χ4v) is 2.14. The largest absolute Gasteiger partial charge is 0.417 e. The third-order valence-electron chi connectivity index (χ3n) is 3.56. The minimum absolute atomic E-state index is 0.0235. The lowest BCUT2D eigenvalue weighted by Crippen LogP contribution is -2.42. The number of H-pyrrole nitrogens is 1. The van der Waals surface area contributed by atoms with Gasteiger partial charge in [-0.2, -0.15) is 13.2 Å². The number of fused-ring (bicyclic) bond motifs is 1. The van der Waals surface area contributed by atoms with Gasteiger partial charge < -0.3 is 4.98 Å². The molecular weight excluding hydrogens is 281 g/mol. The molecule has 0 atom stereocenters. The summed E-state index contributed by atoms with van der Waals surface area (Å²) in [7, 11) is 0. The summed E-state index contributed by atoms with van der Waals surface area (Å²) in [5.41, 5.74) is -1.27. The van der Waals surface area contributed by atoms with Crippen LogP contribution in [0.3, 0.4) is 0 Å². The Hall–Kier alpha value is -1.85. The number of alkyl halides is 3. The molecule has 2 rings (SSSR count). The zero-order chi connectivity index (χ0) is 15.8. The van der Waals surface area contributed by atoms with Crippen molar-refractivity contribution in [3.05, 3.63) is 32.6 Å². The minimum atomic E-state index is -4.54. The van der Waals surface area contributed by atoms with E-state index in [9.17, 15) is 18.0 Å². The molecule has 1 aliphatic carbocycles. The normalized spacial score (nSPS) is 17.1. The van der Waals surface area contributed by atoms with E-state index in [0.29, 0.717) is 18.2 Å². The van der Waals surface area contributed by atoms with Gasteiger partial charge in [0.15, 0.2) is 0 Å². The van der Waals surface area contributed by atoms with Crippen molar-refractivity contribution in [1.29, 1.82) is 0 Å². The number of rotatable bonds is 2. The van der Waals surface area contributed by atoms with Gasteiger partial charge in [0.25, 0.3) is 0 Å². The van der Waals surface area contributed by atoms with Crippen LogP contribution < -0.4 is 16.1 Å². The third-order valence-corrected chi connectivity index (χ3v) is 3.56. The molecule has 3 nitrogen and oxygen atoms in total. The van der Waals surface area contributed by atoms with E-state index in [2.05, 4.69) is 9.98 Å². The number of nitrogens with zero attached hydrogens (tertiary/aromatic N) is 1. The number of aromatic nitrogens is 1. The van der Waals surface area contributed by atoms with E-state index in [0.717, 1.165) is 6.42 Å². The summed E-state index contributed by atoms with van der Waals surface area (Å²) in [6.07, 6.45) is -0.399. The Morgan fingerprint density at radius 2 is 2.00 bits per heavy atom. The molecule has 1 N–H and O–H groups in total. The maximum atomic E-state index is 13.0. The van der Waals surface area contributed by atoms with Crippen molar-refractivity contribution in [2.45, 2.75) is 45.3 Å². The molecule has 0 amide bonds. The summed E-state index contributed by atoms with van der Waals surface area (Å²) in [6, 6.07) is 0.599. The Kier molecular flexibility index (Phi) is 3.82. The molecule has 21 heavy (non-hydrogen) atoms. The predicted octanol–water partition coefficient (Wildman–Crippen LogP) is 1.99. The zero-order valence-corrected chi connectivity index (χ0v) is 12.1. The molecule has 6 heteroatoms. The van der Waals surface area contributed by atoms with Crippen molar-refractivity contribution in [2.24, 2.45) is 4.99 Å². The Labute approximate surface area is 119 Å². The van der Waals surface area contributed by atoms with E-state index in [-0.39, 0.29) is 16.1 Å². The van der Waals surface area contributed by atoms with Crippen molar-refractivity contribution < 1.29 is 13.2 Å². The van der Waals surface area contributed by atoms with Gasteiger partial charge in [-0.15, -0.1) is 0 Å². The highest BCUT2D eigenvalue weighted by molar-refractivity contribution is 6.13. The lowest BCUT2D eigenvalue weighted by molar-refractivity contribution is -0.138. The van der Waals surface area contributed by atoms with E-state index in [4.69, 9.17) is 0 Å². The lowest BCUT2D eigenvalue weighted by atomic mass is 10.0. The summed E-state index contributed by atoms with van der Waals surface area (Å²) in [4.78, 5) is 18.4. The standard InChI is InChI=1S/C15H17F3N2O/c1-4-14(2,3)20-9-5-6-10-11(15(16,17)18)8-13(21)19-12(10)7-9/h6-8H,4-5H2,1-3H3,(H,19,21). The van der Waals surface area contributed by atoms with Crippen molar-refractivity contribution in [2.75, 3.05) is 0 Å². The summed E-state index contributed by atoms with van der Waals surface area (Å²) in [5, 5.41) is 0.196. The number of hydrogen-bond acceptors (Lipinski definition) is 2. The SMILES string of the molecule is CCC(C)(C)N=C1C=c2[nH]c(=O)cc(C(F)(F)F)c2=CC1. The van der Waals surface area contributed by atoms with E-state index < -0.39 is 17.3 Å². The first kappa shape index (κ1) is 15.5. The molecule has 0 unspecified atom stereocenters. The smallest absolute Gasteiger partial charge is 0.322 e. The van der Waals surface area contributed by atoms with Gasteiger partial charge in [0, 0.05) is 23.4 Å². The molecule has 0 aromatic carbocycles. The summed E-state index contributed by atoms with van der Waals surface area (Å²) in [6.45, 7) is 5.91. The van der Waals surface area contributed by atoms with E-state index >= 15 is 0 Å². The number of halogens is 3. The molecule has 0 spiro atoms. The molecule has 1 heterocycles. The van der Waals surface area contributed by atoms with Crippen LogP contribution in [0.2, 0.25) is 0 Å². The molecule has 0 saturated heterocycles. The fourth-order valence-electron chi connectivity index (χ4n) is 2.14. The van der Waals surface area contributed by atoms with Gasteiger partial charge in [-0.3, -0.25) is 9.79 Å². The second-order valence-corrected chi connectivity index (χ2v) is 5.69. The van der Waals surface area contributed by atoms with Crippen LogP contribution in [0.5, 0.6) is 0 Å². The van der Waals surface area contributed by atoms with Crippen LogP contribution in [-0.2, 0) is 6.18 Å². The average Bonchev–Trinajstić information content (AvgIpc) is 2.35. The Bertz CT molecular complexity index is 755. The monoisotopic (exact) mass is 298 g/mol. The van der Waals surface area contributed by atoms with Gasteiger partial charge >= 0.3 is 6.18 Å². The number of aromatic amines is 1. The van der Waals surface area contributed by atoms with Gasteiger partial charge in [0.1, 0.15) is 0 Å². The maximum absolute atomic E-state index is 13.0. The molecule has 0 radical (unpaired) electrons. The molecule has 0 fully saturated rings. The molecule has 114 valence electrons. The topological polar surface area (TPSA) is 45.2 Å². The molecule has 1 aromatic heterocycles. The van der Waals surface area contributed by atoms with Crippen molar-refractivity contribution in [3.8, 4) is 0 Å². The van der Waals surface area contributed by atoms with Crippen molar-refractivity contribution >= 4 is 17.9 Å². The van der Waals surface area contributed by atoms with Gasteiger partial charge in [-0.25, -0.2) is 0 Å². The van der Waals surface area contributed by atoms with E-state index in [1.165, 1.54) is 12.2 Å². The molecule has 1 aromatic rings. The first-order chi connectivity index (χ1) is 9.62. The van der Waals surface area contributed by atoms with Crippen LogP contribution in [0.15, 0.2) is 15.9 Å². The van der Waals surface area contributed by atoms with Crippen LogP contribution in [0.25, 0.3) is 12.2 Å². The van der Waals surface area contributed by atoms with Crippen LogP contribution in [0.4, 0.5) is 13.2 Å².